The van der Waals surface area contributed by atoms with Gasteiger partial charge in [0.15, 0.2) is 5.75 Å². The molecule has 7 heteroatoms. The van der Waals surface area contributed by atoms with Crippen molar-refractivity contribution < 1.29 is 23.4 Å². The van der Waals surface area contributed by atoms with E-state index in [4.69, 9.17) is 5.73 Å². The van der Waals surface area contributed by atoms with Gasteiger partial charge in [-0.2, -0.15) is 0 Å². The van der Waals surface area contributed by atoms with E-state index in [2.05, 4.69) is 9.72 Å². The number of aromatic nitrogens is 1. The molecule has 88 valence electrons. The van der Waals surface area contributed by atoms with Gasteiger partial charge in [-0.25, -0.2) is 13.6 Å². The molecular weight excluding hydrogens is 222 g/mol. The first-order chi connectivity index (χ1) is 7.52. The summed E-state index contributed by atoms with van der Waals surface area (Å²) in [5, 5.41) is 9.47. The zero-order valence-electron chi connectivity index (χ0n) is 8.41. The Kier molecular flexibility index (Phi) is 3.73. The average Bonchev–Trinajstić information content (AvgIpc) is 2.26. The lowest BCUT2D eigenvalue weighted by molar-refractivity contribution is 0.0594. The van der Waals surface area contributed by atoms with E-state index in [1.54, 1.807) is 0 Å². The summed E-state index contributed by atoms with van der Waals surface area (Å²) in [6, 6.07) is 0. The largest absolute Gasteiger partial charge is 0.505 e. The molecule has 0 amide bonds. The number of nitrogens with two attached hydrogens (primary N) is 1. The molecule has 0 radical (unpaired) electrons. The van der Waals surface area contributed by atoms with Crippen molar-refractivity contribution in [1.29, 1.82) is 0 Å². The van der Waals surface area contributed by atoms with E-state index in [1.165, 1.54) is 0 Å². The highest BCUT2D eigenvalue weighted by atomic mass is 19.3. The zero-order valence-corrected chi connectivity index (χ0v) is 8.41. The Morgan fingerprint density at radius 1 is 1.69 bits per heavy atom. The predicted octanol–water partition coefficient (Wildman–Crippen LogP) is 0.970. The predicted molar refractivity (Wildman–Crippen MR) is 50.1 cm³/mol. The summed E-state index contributed by atoms with van der Waals surface area (Å²) >= 11 is 0. The number of hydrogen-bond acceptors (Lipinski definition) is 5. The number of ether oxygens (including phenoxy) is 1. The Hall–Kier alpha value is -1.76. The Morgan fingerprint density at radius 2 is 2.31 bits per heavy atom. The van der Waals surface area contributed by atoms with Gasteiger partial charge in [-0.1, -0.05) is 0 Å². The van der Waals surface area contributed by atoms with Gasteiger partial charge in [-0.05, 0) is 0 Å². The van der Waals surface area contributed by atoms with E-state index < -0.39 is 23.8 Å². The number of hydrogen-bond donors (Lipinski definition) is 2. The fourth-order valence-corrected chi connectivity index (χ4v) is 1.20. The van der Waals surface area contributed by atoms with Gasteiger partial charge in [0.05, 0.1) is 7.11 Å². The third-order valence-electron chi connectivity index (χ3n) is 1.98. The van der Waals surface area contributed by atoms with Gasteiger partial charge in [0, 0.05) is 18.3 Å². The van der Waals surface area contributed by atoms with Crippen molar-refractivity contribution in [3.05, 3.63) is 23.0 Å². The Balaban J connectivity index is 3.40. The van der Waals surface area contributed by atoms with Gasteiger partial charge in [0.2, 0.25) is 0 Å². The topological polar surface area (TPSA) is 85.4 Å². The van der Waals surface area contributed by atoms with Crippen LogP contribution in [0.25, 0.3) is 0 Å². The molecule has 0 spiro atoms. The van der Waals surface area contributed by atoms with Crippen LogP contribution in [0.2, 0.25) is 0 Å². The smallest absolute Gasteiger partial charge is 0.342 e. The number of carbonyl (C=O) groups is 1. The molecule has 0 saturated carbocycles. The van der Waals surface area contributed by atoms with Crippen molar-refractivity contribution in [1.82, 2.24) is 4.98 Å². The molecule has 0 aliphatic carbocycles. The molecule has 1 aromatic heterocycles. The van der Waals surface area contributed by atoms with Gasteiger partial charge in [-0.3, -0.25) is 4.98 Å². The summed E-state index contributed by atoms with van der Waals surface area (Å²) < 4.78 is 29.2. The van der Waals surface area contributed by atoms with Crippen molar-refractivity contribution in [3.63, 3.8) is 0 Å². The SMILES string of the molecule is COC(=O)c1c(CN)cnc(C(F)F)c1O. The van der Waals surface area contributed by atoms with Crippen LogP contribution in [0.3, 0.4) is 0 Å². The van der Waals surface area contributed by atoms with Crippen molar-refractivity contribution in [2.75, 3.05) is 7.11 Å². The fraction of sp³-hybridized carbons (Fsp3) is 0.333. The molecule has 0 fully saturated rings. The first-order valence-electron chi connectivity index (χ1n) is 4.30. The zero-order chi connectivity index (χ0) is 12.3. The molecule has 0 unspecified atom stereocenters. The Labute approximate surface area is 89.9 Å². The van der Waals surface area contributed by atoms with Crippen LogP contribution in [-0.4, -0.2) is 23.2 Å². The molecule has 3 N–H and O–H groups in total. The number of methoxy groups -OCH3 is 1. The van der Waals surface area contributed by atoms with E-state index in [9.17, 15) is 18.7 Å². The molecule has 0 aliphatic heterocycles. The van der Waals surface area contributed by atoms with Gasteiger partial charge < -0.3 is 15.6 Å². The van der Waals surface area contributed by atoms with Crippen LogP contribution in [0.15, 0.2) is 6.20 Å². The molecular formula is C9H10F2N2O3. The maximum atomic E-state index is 12.4. The summed E-state index contributed by atoms with van der Waals surface area (Å²) in [6.45, 7) is -0.117. The van der Waals surface area contributed by atoms with Crippen LogP contribution >= 0.6 is 0 Å². The number of esters is 1. The summed E-state index contributed by atoms with van der Waals surface area (Å²) in [4.78, 5) is 14.6. The van der Waals surface area contributed by atoms with E-state index in [-0.39, 0.29) is 17.7 Å². The molecule has 0 bridgehead atoms. The van der Waals surface area contributed by atoms with Crippen molar-refractivity contribution in [2.24, 2.45) is 5.73 Å². The molecule has 16 heavy (non-hydrogen) atoms. The van der Waals surface area contributed by atoms with Gasteiger partial charge >= 0.3 is 5.97 Å². The van der Waals surface area contributed by atoms with E-state index in [0.29, 0.717) is 0 Å². The van der Waals surface area contributed by atoms with E-state index >= 15 is 0 Å². The second-order valence-corrected chi connectivity index (χ2v) is 2.89. The van der Waals surface area contributed by atoms with Crippen LogP contribution in [-0.2, 0) is 11.3 Å². The third kappa shape index (κ3) is 2.08. The van der Waals surface area contributed by atoms with Crippen molar-refractivity contribution >= 4 is 5.97 Å². The number of rotatable bonds is 3. The van der Waals surface area contributed by atoms with Crippen LogP contribution in [0.4, 0.5) is 8.78 Å². The molecule has 5 nitrogen and oxygen atoms in total. The van der Waals surface area contributed by atoms with E-state index in [0.717, 1.165) is 13.3 Å². The summed E-state index contributed by atoms with van der Waals surface area (Å²) in [5.74, 6) is -1.81. The fourth-order valence-electron chi connectivity index (χ4n) is 1.20. The minimum absolute atomic E-state index is 0.117. The maximum absolute atomic E-state index is 12.4. The first-order valence-corrected chi connectivity index (χ1v) is 4.30. The average molecular weight is 232 g/mol. The van der Waals surface area contributed by atoms with Crippen molar-refractivity contribution in [3.8, 4) is 5.75 Å². The molecule has 1 rings (SSSR count). The highest BCUT2D eigenvalue weighted by molar-refractivity contribution is 5.94. The van der Waals surface area contributed by atoms with Crippen molar-refractivity contribution in [2.45, 2.75) is 13.0 Å². The second kappa shape index (κ2) is 4.84. The number of halogens is 2. The number of carbonyl (C=O) groups excluding carboxylic acids is 1. The number of pyridine rings is 1. The monoisotopic (exact) mass is 232 g/mol. The van der Waals surface area contributed by atoms with Gasteiger partial charge in [0.25, 0.3) is 6.43 Å². The van der Waals surface area contributed by atoms with Gasteiger partial charge in [-0.15, -0.1) is 0 Å². The van der Waals surface area contributed by atoms with Crippen LogP contribution in [0.1, 0.15) is 28.0 Å². The van der Waals surface area contributed by atoms with Crippen LogP contribution < -0.4 is 5.73 Å². The standard InChI is InChI=1S/C9H10F2N2O3/c1-16-9(15)5-4(2-12)3-13-6(7(5)14)8(10)11/h3,8,14H,2,12H2,1H3. The van der Waals surface area contributed by atoms with Crippen LogP contribution in [0.5, 0.6) is 5.75 Å². The molecule has 1 aromatic rings. The number of nitrogens with zero attached hydrogens (tertiary/aromatic N) is 1. The normalized spacial score (nSPS) is 10.6. The molecule has 0 atom stereocenters. The summed E-state index contributed by atoms with van der Waals surface area (Å²) in [7, 11) is 1.07. The lowest BCUT2D eigenvalue weighted by atomic mass is 10.1. The maximum Gasteiger partial charge on any atom is 0.342 e. The quantitative estimate of drug-likeness (QED) is 0.758. The second-order valence-electron chi connectivity index (χ2n) is 2.89. The minimum Gasteiger partial charge on any atom is -0.505 e. The summed E-state index contributed by atoms with van der Waals surface area (Å²) in [6.07, 6.45) is -1.96. The Morgan fingerprint density at radius 3 is 2.75 bits per heavy atom. The third-order valence-corrected chi connectivity index (χ3v) is 1.98. The molecule has 0 saturated heterocycles. The lowest BCUT2D eigenvalue weighted by Crippen LogP contribution is -2.12. The van der Waals surface area contributed by atoms with Gasteiger partial charge in [0.1, 0.15) is 11.3 Å². The van der Waals surface area contributed by atoms with E-state index in [1.807, 2.05) is 0 Å². The molecule has 1 heterocycles. The number of aromatic hydroxyl groups is 1. The Bertz CT molecular complexity index is 410. The lowest BCUT2D eigenvalue weighted by Gasteiger charge is -2.10. The minimum atomic E-state index is -2.98. The molecule has 0 aliphatic rings. The first kappa shape index (κ1) is 12.3. The van der Waals surface area contributed by atoms with Crippen LogP contribution in [0, 0.1) is 0 Å². The number of alkyl halides is 2. The summed E-state index contributed by atoms with van der Waals surface area (Å²) in [5.41, 5.74) is 4.21. The highest BCUT2D eigenvalue weighted by Gasteiger charge is 2.24. The molecule has 0 aromatic carbocycles. The highest BCUT2D eigenvalue weighted by Crippen LogP contribution is 2.31.